The fourth-order valence-electron chi connectivity index (χ4n) is 2.69. The number of carbonyl (C=O) groups excluding carboxylic acids is 1. The van der Waals surface area contributed by atoms with E-state index in [2.05, 4.69) is 0 Å². The molecular formula is C23H22O5. The SMILES string of the molecule is COC(=O)c1c(OCc2ccccc2)cc(OC)cc1OCc1ccccc1. The second-order valence-electron chi connectivity index (χ2n) is 6.04. The van der Waals surface area contributed by atoms with Crippen molar-refractivity contribution in [1.82, 2.24) is 0 Å². The van der Waals surface area contributed by atoms with Crippen molar-refractivity contribution in [2.75, 3.05) is 14.2 Å². The number of ether oxygens (including phenoxy) is 4. The Labute approximate surface area is 164 Å². The summed E-state index contributed by atoms with van der Waals surface area (Å²) in [4.78, 5) is 12.5. The molecule has 0 aliphatic heterocycles. The molecule has 0 N–H and O–H groups in total. The third-order valence-electron chi connectivity index (χ3n) is 4.14. The highest BCUT2D eigenvalue weighted by atomic mass is 16.5. The Morgan fingerprint density at radius 2 is 1.21 bits per heavy atom. The topological polar surface area (TPSA) is 54.0 Å². The van der Waals surface area contributed by atoms with Crippen molar-refractivity contribution in [1.29, 1.82) is 0 Å². The lowest BCUT2D eigenvalue weighted by Crippen LogP contribution is -2.10. The molecule has 28 heavy (non-hydrogen) atoms. The maximum atomic E-state index is 12.5. The van der Waals surface area contributed by atoms with E-state index in [-0.39, 0.29) is 5.56 Å². The molecular weight excluding hydrogens is 356 g/mol. The van der Waals surface area contributed by atoms with Gasteiger partial charge in [-0.1, -0.05) is 60.7 Å². The number of esters is 1. The molecule has 0 aliphatic carbocycles. The summed E-state index contributed by atoms with van der Waals surface area (Å²) >= 11 is 0. The first-order valence-corrected chi connectivity index (χ1v) is 8.85. The third kappa shape index (κ3) is 4.82. The Morgan fingerprint density at radius 1 is 0.750 bits per heavy atom. The standard InChI is InChI=1S/C23H22O5/c1-25-19-13-20(27-15-17-9-5-3-6-10-17)22(23(24)26-2)21(14-19)28-16-18-11-7-4-8-12-18/h3-14H,15-16H2,1-2H3. The van der Waals surface area contributed by atoms with Gasteiger partial charge in [0.1, 0.15) is 36.0 Å². The molecule has 5 heteroatoms. The normalized spacial score (nSPS) is 10.2. The van der Waals surface area contributed by atoms with Gasteiger partial charge in [-0.05, 0) is 11.1 Å². The molecule has 0 aromatic heterocycles. The zero-order chi connectivity index (χ0) is 19.8. The summed E-state index contributed by atoms with van der Waals surface area (Å²) in [5, 5.41) is 0. The molecule has 0 atom stereocenters. The lowest BCUT2D eigenvalue weighted by Gasteiger charge is -2.17. The summed E-state index contributed by atoms with van der Waals surface area (Å²) < 4.78 is 22.2. The van der Waals surface area contributed by atoms with Gasteiger partial charge >= 0.3 is 5.97 Å². The molecule has 0 heterocycles. The minimum absolute atomic E-state index is 0.232. The van der Waals surface area contributed by atoms with E-state index in [4.69, 9.17) is 18.9 Å². The zero-order valence-corrected chi connectivity index (χ0v) is 15.9. The molecule has 3 rings (SSSR count). The summed E-state index contributed by atoms with van der Waals surface area (Å²) in [6.07, 6.45) is 0. The first kappa shape index (κ1) is 19.3. The minimum Gasteiger partial charge on any atom is -0.496 e. The van der Waals surface area contributed by atoms with Gasteiger partial charge in [0, 0.05) is 12.1 Å². The van der Waals surface area contributed by atoms with E-state index >= 15 is 0 Å². The van der Waals surface area contributed by atoms with E-state index in [1.54, 1.807) is 19.2 Å². The Balaban J connectivity index is 1.91. The highest BCUT2D eigenvalue weighted by Crippen LogP contribution is 2.35. The van der Waals surface area contributed by atoms with Gasteiger partial charge in [-0.25, -0.2) is 4.79 Å². The lowest BCUT2D eigenvalue weighted by atomic mass is 10.1. The molecule has 0 radical (unpaired) electrons. The number of hydrogen-bond donors (Lipinski definition) is 0. The van der Waals surface area contributed by atoms with Gasteiger partial charge in [0.15, 0.2) is 0 Å². The van der Waals surface area contributed by atoms with Gasteiger partial charge in [0.05, 0.1) is 14.2 Å². The summed E-state index contributed by atoms with van der Waals surface area (Å²) in [6.45, 7) is 0.603. The van der Waals surface area contributed by atoms with Crippen LogP contribution in [-0.2, 0) is 18.0 Å². The van der Waals surface area contributed by atoms with Crippen molar-refractivity contribution in [3.8, 4) is 17.2 Å². The molecule has 5 nitrogen and oxygen atoms in total. The van der Waals surface area contributed by atoms with Crippen LogP contribution in [0, 0.1) is 0 Å². The van der Waals surface area contributed by atoms with Crippen molar-refractivity contribution >= 4 is 5.97 Å². The fraction of sp³-hybridized carbons (Fsp3) is 0.174. The van der Waals surface area contributed by atoms with Crippen molar-refractivity contribution in [3.63, 3.8) is 0 Å². The van der Waals surface area contributed by atoms with Crippen LogP contribution in [0.15, 0.2) is 72.8 Å². The van der Waals surface area contributed by atoms with Crippen LogP contribution < -0.4 is 14.2 Å². The van der Waals surface area contributed by atoms with Crippen molar-refractivity contribution < 1.29 is 23.7 Å². The van der Waals surface area contributed by atoms with Crippen LogP contribution in [0.1, 0.15) is 21.5 Å². The summed E-state index contributed by atoms with van der Waals surface area (Å²) in [6, 6.07) is 22.7. The Morgan fingerprint density at radius 3 is 1.61 bits per heavy atom. The Bertz CT molecular complexity index is 842. The number of rotatable bonds is 8. The minimum atomic E-state index is -0.534. The molecule has 0 spiro atoms. The maximum absolute atomic E-state index is 12.5. The fourth-order valence-corrected chi connectivity index (χ4v) is 2.69. The van der Waals surface area contributed by atoms with Gasteiger partial charge in [-0.15, -0.1) is 0 Å². The van der Waals surface area contributed by atoms with Crippen molar-refractivity contribution in [3.05, 3.63) is 89.5 Å². The van der Waals surface area contributed by atoms with Crippen LogP contribution in [0.3, 0.4) is 0 Å². The number of benzene rings is 3. The Hall–Kier alpha value is -3.47. The van der Waals surface area contributed by atoms with Gasteiger partial charge in [-0.3, -0.25) is 0 Å². The quantitative estimate of drug-likeness (QED) is 0.535. The third-order valence-corrected chi connectivity index (χ3v) is 4.14. The zero-order valence-electron chi connectivity index (χ0n) is 15.9. The van der Waals surface area contributed by atoms with Crippen LogP contribution >= 0.6 is 0 Å². The summed E-state index contributed by atoms with van der Waals surface area (Å²) in [5.74, 6) is 0.684. The lowest BCUT2D eigenvalue weighted by molar-refractivity contribution is 0.0590. The predicted octanol–water partition coefficient (Wildman–Crippen LogP) is 4.64. The van der Waals surface area contributed by atoms with Gasteiger partial charge < -0.3 is 18.9 Å². The monoisotopic (exact) mass is 378 g/mol. The summed E-state index contributed by atoms with van der Waals surface area (Å²) in [7, 11) is 2.88. The second kappa shape index (κ2) is 9.46. The molecule has 0 unspecified atom stereocenters. The highest BCUT2D eigenvalue weighted by Gasteiger charge is 2.22. The smallest absolute Gasteiger partial charge is 0.345 e. The average molecular weight is 378 g/mol. The van der Waals surface area contributed by atoms with E-state index < -0.39 is 5.97 Å². The van der Waals surface area contributed by atoms with Crippen LogP contribution in [0.2, 0.25) is 0 Å². The number of methoxy groups -OCH3 is 2. The highest BCUT2D eigenvalue weighted by molar-refractivity contribution is 5.96. The predicted molar refractivity (Wildman–Crippen MR) is 106 cm³/mol. The molecule has 0 fully saturated rings. The Kier molecular flexibility index (Phi) is 6.52. The number of carbonyl (C=O) groups is 1. The molecule has 0 aliphatic rings. The first-order valence-electron chi connectivity index (χ1n) is 8.85. The van der Waals surface area contributed by atoms with E-state index in [9.17, 15) is 4.79 Å². The van der Waals surface area contributed by atoms with Crippen LogP contribution in [-0.4, -0.2) is 20.2 Å². The largest absolute Gasteiger partial charge is 0.496 e. The average Bonchev–Trinajstić information content (AvgIpc) is 2.76. The van der Waals surface area contributed by atoms with E-state index in [1.807, 2.05) is 60.7 Å². The number of hydrogen-bond acceptors (Lipinski definition) is 5. The van der Waals surface area contributed by atoms with E-state index in [1.165, 1.54) is 7.11 Å². The van der Waals surface area contributed by atoms with E-state index in [0.717, 1.165) is 11.1 Å². The molecule has 0 saturated heterocycles. The van der Waals surface area contributed by atoms with Crippen molar-refractivity contribution in [2.24, 2.45) is 0 Å². The van der Waals surface area contributed by atoms with Crippen molar-refractivity contribution in [2.45, 2.75) is 13.2 Å². The molecule has 3 aromatic carbocycles. The molecule has 0 bridgehead atoms. The van der Waals surface area contributed by atoms with Crippen LogP contribution in [0.4, 0.5) is 0 Å². The molecule has 0 saturated carbocycles. The van der Waals surface area contributed by atoms with Crippen LogP contribution in [0.25, 0.3) is 0 Å². The van der Waals surface area contributed by atoms with Gasteiger partial charge in [0.2, 0.25) is 0 Å². The van der Waals surface area contributed by atoms with Gasteiger partial charge in [-0.2, -0.15) is 0 Å². The van der Waals surface area contributed by atoms with Gasteiger partial charge in [0.25, 0.3) is 0 Å². The molecule has 144 valence electrons. The summed E-state index contributed by atoms with van der Waals surface area (Å²) in [5.41, 5.74) is 2.19. The van der Waals surface area contributed by atoms with Crippen LogP contribution in [0.5, 0.6) is 17.2 Å². The first-order chi connectivity index (χ1) is 13.7. The molecule has 0 amide bonds. The van der Waals surface area contributed by atoms with E-state index in [0.29, 0.717) is 30.5 Å². The second-order valence-corrected chi connectivity index (χ2v) is 6.04. The maximum Gasteiger partial charge on any atom is 0.345 e. The molecule has 3 aromatic rings.